The molecule has 45 heavy (non-hydrogen) atoms. The Bertz CT molecular complexity index is 1620. The molecule has 0 unspecified atom stereocenters. The molecule has 0 amide bonds. The summed E-state index contributed by atoms with van der Waals surface area (Å²) in [7, 11) is 0. The lowest BCUT2D eigenvalue weighted by Gasteiger charge is -2.42. The smallest absolute Gasteiger partial charge is 0.280 e. The van der Waals surface area contributed by atoms with Crippen molar-refractivity contribution in [2.75, 3.05) is 13.2 Å². The Kier molecular flexibility index (Phi) is 9.72. The van der Waals surface area contributed by atoms with E-state index in [1.165, 1.54) is 12.1 Å². The molecule has 0 radical (unpaired) electrons. The van der Waals surface area contributed by atoms with Crippen LogP contribution in [0.1, 0.15) is 51.5 Å². The van der Waals surface area contributed by atoms with E-state index in [1.54, 1.807) is 18.2 Å². The van der Waals surface area contributed by atoms with Crippen molar-refractivity contribution in [2.24, 2.45) is 5.41 Å². The number of halogens is 6. The highest BCUT2D eigenvalue weighted by Gasteiger charge is 2.40. The Morgan fingerprint density at radius 1 is 0.644 bits per heavy atom. The van der Waals surface area contributed by atoms with Gasteiger partial charge in [-0.15, -0.1) is 0 Å². The monoisotopic (exact) mass is 628 g/mol. The van der Waals surface area contributed by atoms with Crippen molar-refractivity contribution in [3.63, 3.8) is 0 Å². The lowest BCUT2D eigenvalue weighted by molar-refractivity contribution is -0.404. The fourth-order valence-corrected chi connectivity index (χ4v) is 5.55. The van der Waals surface area contributed by atoms with Crippen LogP contribution in [0.3, 0.4) is 0 Å². The van der Waals surface area contributed by atoms with Gasteiger partial charge in [-0.1, -0.05) is 69.5 Å². The fourth-order valence-electron chi connectivity index (χ4n) is 5.55. The number of unbranched alkanes of at least 4 members (excludes halogenated alkanes) is 2. The van der Waals surface area contributed by atoms with Crippen LogP contribution >= 0.6 is 0 Å². The van der Waals surface area contributed by atoms with Gasteiger partial charge in [-0.3, -0.25) is 0 Å². The lowest BCUT2D eigenvalue weighted by atomic mass is 9.85. The average molecular weight is 629 g/mol. The number of aliphatic hydroxyl groups is 1. The van der Waals surface area contributed by atoms with E-state index >= 15 is 4.39 Å². The maximum atomic E-state index is 15.2. The Hall–Kier alpha value is -3.66. The van der Waals surface area contributed by atoms with Crippen molar-refractivity contribution >= 4 is 0 Å². The van der Waals surface area contributed by atoms with Crippen molar-refractivity contribution in [1.82, 2.24) is 0 Å². The number of ether oxygens (including phenoxy) is 2. The molecular weight excluding hydrogens is 594 g/mol. The van der Waals surface area contributed by atoms with E-state index < -0.39 is 52.0 Å². The minimum absolute atomic E-state index is 0.0848. The standard InChI is InChI=1S/C36H34F6O3/c1-3-4-5-13-35(2)20-44-36(43,45-21-35)14-12-22-6-8-23(9-7-22)24-10-11-27(28(37)15-24)25-16-29(38)33(30(39)17-25)26-18-31(40)34(42)32(41)19-26/h6-11,15-19,43H,3-5,12-14,20-21H2,1-2H3. The summed E-state index contributed by atoms with van der Waals surface area (Å²) in [4.78, 5) is 0. The lowest BCUT2D eigenvalue weighted by Crippen LogP contribution is -2.48. The number of rotatable bonds is 10. The first-order valence-electron chi connectivity index (χ1n) is 14.9. The van der Waals surface area contributed by atoms with Crippen molar-refractivity contribution in [1.29, 1.82) is 0 Å². The molecule has 1 saturated heterocycles. The third-order valence-electron chi connectivity index (χ3n) is 8.29. The molecule has 5 rings (SSSR count). The van der Waals surface area contributed by atoms with E-state index in [2.05, 4.69) is 13.8 Å². The molecular formula is C36H34F6O3. The Morgan fingerprint density at radius 3 is 1.78 bits per heavy atom. The van der Waals surface area contributed by atoms with Crippen LogP contribution in [0.15, 0.2) is 66.7 Å². The number of hydrogen-bond donors (Lipinski definition) is 1. The predicted molar refractivity (Wildman–Crippen MR) is 160 cm³/mol. The summed E-state index contributed by atoms with van der Waals surface area (Å²) >= 11 is 0. The van der Waals surface area contributed by atoms with Gasteiger partial charge in [-0.05, 0) is 71.0 Å². The zero-order valence-electron chi connectivity index (χ0n) is 25.0. The molecule has 0 spiro atoms. The SMILES string of the molecule is CCCCCC1(C)COC(O)(CCc2ccc(-c3ccc(-c4cc(F)c(-c5cc(F)c(F)c(F)c5)c(F)c4)c(F)c3)cc2)OC1. The van der Waals surface area contributed by atoms with Gasteiger partial charge in [0.05, 0.1) is 18.8 Å². The fraction of sp³-hybridized carbons (Fsp3) is 0.333. The second kappa shape index (κ2) is 13.4. The van der Waals surface area contributed by atoms with E-state index in [0.29, 0.717) is 42.9 Å². The van der Waals surface area contributed by atoms with Gasteiger partial charge < -0.3 is 14.6 Å². The number of benzene rings is 4. The van der Waals surface area contributed by atoms with Crippen LogP contribution in [0.25, 0.3) is 33.4 Å². The number of aryl methyl sites for hydroxylation is 1. The van der Waals surface area contributed by atoms with Gasteiger partial charge in [-0.25, -0.2) is 26.3 Å². The minimum atomic E-state index is -1.75. The maximum absolute atomic E-state index is 15.2. The molecule has 0 saturated carbocycles. The van der Waals surface area contributed by atoms with Gasteiger partial charge in [0, 0.05) is 17.4 Å². The highest BCUT2D eigenvalue weighted by Crippen LogP contribution is 2.36. The molecule has 0 bridgehead atoms. The highest BCUT2D eigenvalue weighted by molar-refractivity contribution is 5.74. The summed E-state index contributed by atoms with van der Waals surface area (Å²) < 4.78 is 97.2. The van der Waals surface area contributed by atoms with E-state index in [9.17, 15) is 27.1 Å². The summed E-state index contributed by atoms with van der Waals surface area (Å²) in [6.07, 6.45) is 5.08. The molecule has 1 N–H and O–H groups in total. The second-order valence-corrected chi connectivity index (χ2v) is 12.0. The highest BCUT2D eigenvalue weighted by atomic mass is 19.2. The van der Waals surface area contributed by atoms with Crippen molar-refractivity contribution in [2.45, 2.75) is 58.3 Å². The molecule has 0 aliphatic carbocycles. The molecule has 3 nitrogen and oxygen atoms in total. The van der Waals surface area contributed by atoms with E-state index in [0.717, 1.165) is 43.4 Å². The molecule has 9 heteroatoms. The predicted octanol–water partition coefficient (Wildman–Crippen LogP) is 9.73. The molecule has 1 heterocycles. The summed E-state index contributed by atoms with van der Waals surface area (Å²) in [6.45, 7) is 5.10. The zero-order chi connectivity index (χ0) is 32.4. The van der Waals surface area contributed by atoms with Crippen molar-refractivity contribution in [3.05, 3.63) is 107 Å². The molecule has 0 aromatic heterocycles. The molecule has 4 aromatic rings. The van der Waals surface area contributed by atoms with Crippen LogP contribution in [0.5, 0.6) is 0 Å². The average Bonchev–Trinajstić information content (AvgIpc) is 3.01. The third-order valence-corrected chi connectivity index (χ3v) is 8.29. The quantitative estimate of drug-likeness (QED) is 0.108. The normalized spacial score (nSPS) is 20.0. The summed E-state index contributed by atoms with van der Waals surface area (Å²) in [5.41, 5.74) is 0.525. The van der Waals surface area contributed by atoms with Crippen molar-refractivity contribution in [3.8, 4) is 33.4 Å². The maximum Gasteiger partial charge on any atom is 0.280 e. The third kappa shape index (κ3) is 7.43. The van der Waals surface area contributed by atoms with Crippen LogP contribution in [-0.2, 0) is 15.9 Å². The van der Waals surface area contributed by atoms with Crippen LogP contribution in [0.4, 0.5) is 26.3 Å². The van der Waals surface area contributed by atoms with Gasteiger partial charge in [0.15, 0.2) is 17.5 Å². The first kappa shape index (κ1) is 32.7. The van der Waals surface area contributed by atoms with Gasteiger partial charge in [-0.2, -0.15) is 0 Å². The van der Waals surface area contributed by atoms with Crippen LogP contribution in [0.2, 0.25) is 0 Å². The minimum Gasteiger partial charge on any atom is -0.343 e. The van der Waals surface area contributed by atoms with Gasteiger partial charge in [0.2, 0.25) is 0 Å². The zero-order valence-corrected chi connectivity index (χ0v) is 25.0. The van der Waals surface area contributed by atoms with Crippen molar-refractivity contribution < 1.29 is 40.9 Å². The molecule has 0 atom stereocenters. The molecule has 1 aliphatic heterocycles. The van der Waals surface area contributed by atoms with Gasteiger partial charge >= 0.3 is 0 Å². The largest absolute Gasteiger partial charge is 0.343 e. The Morgan fingerprint density at radius 2 is 1.20 bits per heavy atom. The summed E-state index contributed by atoms with van der Waals surface area (Å²) in [6, 6.07) is 14.2. The Balaban J connectivity index is 1.25. The molecule has 4 aromatic carbocycles. The van der Waals surface area contributed by atoms with Gasteiger partial charge in [0.25, 0.3) is 5.97 Å². The summed E-state index contributed by atoms with van der Waals surface area (Å²) in [5, 5.41) is 10.8. The number of hydrogen-bond acceptors (Lipinski definition) is 3. The first-order valence-corrected chi connectivity index (χ1v) is 14.9. The topological polar surface area (TPSA) is 38.7 Å². The molecule has 1 fully saturated rings. The molecule has 238 valence electrons. The first-order chi connectivity index (χ1) is 21.4. The second-order valence-electron chi connectivity index (χ2n) is 12.0. The van der Waals surface area contributed by atoms with E-state index in [4.69, 9.17) is 9.47 Å². The Labute approximate surface area is 258 Å². The van der Waals surface area contributed by atoms with Crippen LogP contribution in [0, 0.1) is 40.3 Å². The van der Waals surface area contributed by atoms with E-state index in [1.807, 2.05) is 12.1 Å². The van der Waals surface area contributed by atoms with Gasteiger partial charge in [0.1, 0.15) is 17.5 Å². The van der Waals surface area contributed by atoms with E-state index in [-0.39, 0.29) is 23.0 Å². The van der Waals surface area contributed by atoms with Crippen LogP contribution in [-0.4, -0.2) is 24.3 Å². The summed E-state index contributed by atoms with van der Waals surface area (Å²) in [5.74, 6) is -9.70. The molecule has 1 aliphatic rings. The van der Waals surface area contributed by atoms with Crippen LogP contribution < -0.4 is 0 Å².